The lowest BCUT2D eigenvalue weighted by atomic mass is 10.1. The van der Waals surface area contributed by atoms with Crippen LogP contribution >= 0.6 is 0 Å². The third-order valence-electron chi connectivity index (χ3n) is 3.88. The average molecular weight is 394 g/mol. The van der Waals surface area contributed by atoms with E-state index in [4.69, 9.17) is 0 Å². The SMILES string of the molecule is COC(=O)c1ccccc1N(CCNC(=O)c1ccc(F)c(F)c1F)C(C)=O. The molecule has 0 heterocycles. The third kappa shape index (κ3) is 4.48. The molecule has 0 saturated carbocycles. The zero-order valence-corrected chi connectivity index (χ0v) is 15.1. The number of nitrogens with zero attached hydrogens (tertiary/aromatic N) is 1. The molecule has 2 rings (SSSR count). The quantitative estimate of drug-likeness (QED) is 0.604. The van der Waals surface area contributed by atoms with Crippen molar-refractivity contribution in [1.29, 1.82) is 0 Å². The number of para-hydroxylation sites is 1. The largest absolute Gasteiger partial charge is 0.465 e. The highest BCUT2D eigenvalue weighted by Gasteiger charge is 2.21. The number of hydrogen-bond acceptors (Lipinski definition) is 4. The second-order valence-corrected chi connectivity index (χ2v) is 5.66. The molecule has 148 valence electrons. The summed E-state index contributed by atoms with van der Waals surface area (Å²) in [4.78, 5) is 37.1. The van der Waals surface area contributed by atoms with E-state index in [1.807, 2.05) is 0 Å². The van der Waals surface area contributed by atoms with Gasteiger partial charge in [0.15, 0.2) is 17.5 Å². The van der Waals surface area contributed by atoms with Crippen molar-refractivity contribution < 1.29 is 32.3 Å². The Morgan fingerprint density at radius 2 is 1.68 bits per heavy atom. The Hall–Kier alpha value is -3.36. The van der Waals surface area contributed by atoms with Gasteiger partial charge in [0.25, 0.3) is 5.91 Å². The number of benzene rings is 2. The average Bonchev–Trinajstić information content (AvgIpc) is 2.68. The topological polar surface area (TPSA) is 75.7 Å². The van der Waals surface area contributed by atoms with Crippen LogP contribution in [0.2, 0.25) is 0 Å². The molecule has 0 spiro atoms. The maximum Gasteiger partial charge on any atom is 0.339 e. The molecule has 6 nitrogen and oxygen atoms in total. The van der Waals surface area contributed by atoms with Crippen molar-refractivity contribution in [3.63, 3.8) is 0 Å². The highest BCUT2D eigenvalue weighted by molar-refractivity contribution is 6.02. The first-order valence-electron chi connectivity index (χ1n) is 8.15. The van der Waals surface area contributed by atoms with E-state index in [9.17, 15) is 27.6 Å². The summed E-state index contributed by atoms with van der Waals surface area (Å²) in [6, 6.07) is 7.69. The van der Waals surface area contributed by atoms with Crippen molar-refractivity contribution in [1.82, 2.24) is 5.32 Å². The number of carbonyl (C=O) groups excluding carboxylic acids is 3. The lowest BCUT2D eigenvalue weighted by Crippen LogP contribution is -2.38. The Morgan fingerprint density at radius 3 is 2.32 bits per heavy atom. The van der Waals surface area contributed by atoms with E-state index >= 15 is 0 Å². The Bertz CT molecular complexity index is 918. The Kier molecular flexibility index (Phi) is 6.75. The molecule has 28 heavy (non-hydrogen) atoms. The predicted molar refractivity (Wildman–Crippen MR) is 94.5 cm³/mol. The van der Waals surface area contributed by atoms with Gasteiger partial charge < -0.3 is 15.0 Å². The predicted octanol–water partition coefficient (Wildman–Crippen LogP) is 2.67. The lowest BCUT2D eigenvalue weighted by molar-refractivity contribution is -0.116. The molecule has 2 aromatic carbocycles. The fourth-order valence-electron chi connectivity index (χ4n) is 2.52. The van der Waals surface area contributed by atoms with Crippen LogP contribution in [0, 0.1) is 17.5 Å². The van der Waals surface area contributed by atoms with Gasteiger partial charge in [-0.15, -0.1) is 0 Å². The summed E-state index contributed by atoms with van der Waals surface area (Å²) in [5, 5.41) is 2.33. The number of carbonyl (C=O) groups is 3. The van der Waals surface area contributed by atoms with E-state index in [2.05, 4.69) is 10.1 Å². The van der Waals surface area contributed by atoms with E-state index in [0.29, 0.717) is 6.07 Å². The molecule has 0 aliphatic carbocycles. The fourth-order valence-corrected chi connectivity index (χ4v) is 2.52. The molecule has 0 aliphatic rings. The monoisotopic (exact) mass is 394 g/mol. The first-order valence-corrected chi connectivity index (χ1v) is 8.15. The van der Waals surface area contributed by atoms with Gasteiger partial charge in [0, 0.05) is 20.0 Å². The van der Waals surface area contributed by atoms with Gasteiger partial charge in [0.1, 0.15) is 0 Å². The van der Waals surface area contributed by atoms with Crippen molar-refractivity contribution >= 4 is 23.5 Å². The molecule has 0 aromatic heterocycles. The molecule has 0 unspecified atom stereocenters. The van der Waals surface area contributed by atoms with Gasteiger partial charge in [-0.2, -0.15) is 0 Å². The van der Waals surface area contributed by atoms with Crippen LogP contribution in [0.15, 0.2) is 36.4 Å². The third-order valence-corrected chi connectivity index (χ3v) is 3.88. The number of methoxy groups -OCH3 is 1. The normalized spacial score (nSPS) is 10.3. The van der Waals surface area contributed by atoms with Gasteiger partial charge >= 0.3 is 5.97 Å². The van der Waals surface area contributed by atoms with Crippen LogP contribution in [0.25, 0.3) is 0 Å². The Morgan fingerprint density at radius 1 is 1.00 bits per heavy atom. The van der Waals surface area contributed by atoms with Crippen molar-refractivity contribution in [3.8, 4) is 0 Å². The molecular weight excluding hydrogens is 377 g/mol. The van der Waals surface area contributed by atoms with Crippen LogP contribution in [-0.4, -0.2) is 38.0 Å². The fraction of sp³-hybridized carbons (Fsp3) is 0.211. The number of nitrogens with one attached hydrogen (secondary N) is 1. The second kappa shape index (κ2) is 9.03. The second-order valence-electron chi connectivity index (χ2n) is 5.66. The number of anilines is 1. The minimum absolute atomic E-state index is 0.0552. The van der Waals surface area contributed by atoms with Crippen LogP contribution in [0.4, 0.5) is 18.9 Å². The number of halogens is 3. The molecule has 0 fully saturated rings. The molecule has 0 aliphatic heterocycles. The summed E-state index contributed by atoms with van der Waals surface area (Å²) in [6.07, 6.45) is 0. The van der Waals surface area contributed by atoms with Crippen molar-refractivity contribution in [2.45, 2.75) is 6.92 Å². The van der Waals surface area contributed by atoms with E-state index < -0.39 is 40.8 Å². The zero-order valence-electron chi connectivity index (χ0n) is 15.1. The molecular formula is C19H17F3N2O4. The maximum atomic E-state index is 13.7. The molecule has 2 aromatic rings. The summed E-state index contributed by atoms with van der Waals surface area (Å²) in [7, 11) is 1.20. The molecule has 0 saturated heterocycles. The smallest absolute Gasteiger partial charge is 0.339 e. The number of esters is 1. The van der Waals surface area contributed by atoms with E-state index in [-0.39, 0.29) is 24.3 Å². The van der Waals surface area contributed by atoms with Crippen molar-refractivity contribution in [2.24, 2.45) is 0 Å². The molecule has 0 bridgehead atoms. The summed E-state index contributed by atoms with van der Waals surface area (Å²) in [5.41, 5.74) is -0.239. The number of amides is 2. The molecule has 0 radical (unpaired) electrons. The van der Waals surface area contributed by atoms with Gasteiger partial charge in [-0.1, -0.05) is 12.1 Å². The highest BCUT2D eigenvalue weighted by Crippen LogP contribution is 2.21. The van der Waals surface area contributed by atoms with Crippen LogP contribution in [0.1, 0.15) is 27.6 Å². The number of ether oxygens (including phenoxy) is 1. The van der Waals surface area contributed by atoms with E-state index in [0.717, 1.165) is 6.07 Å². The van der Waals surface area contributed by atoms with Gasteiger partial charge in [0.2, 0.25) is 5.91 Å². The van der Waals surface area contributed by atoms with Crippen molar-refractivity contribution in [3.05, 3.63) is 65.0 Å². The van der Waals surface area contributed by atoms with E-state index in [1.54, 1.807) is 12.1 Å². The summed E-state index contributed by atoms with van der Waals surface area (Å²) in [5.74, 6) is -6.78. The summed E-state index contributed by atoms with van der Waals surface area (Å²) < 4.78 is 44.6. The first-order chi connectivity index (χ1) is 13.3. The standard InChI is InChI=1S/C19H17F3N2O4/c1-11(25)24(15-6-4-3-5-12(15)19(27)28-2)10-9-23-18(26)13-7-8-14(20)17(22)16(13)21/h3-8H,9-10H2,1-2H3,(H,23,26). The number of hydrogen-bond donors (Lipinski definition) is 1. The lowest BCUT2D eigenvalue weighted by Gasteiger charge is -2.23. The van der Waals surface area contributed by atoms with Crippen LogP contribution in [0.3, 0.4) is 0 Å². The maximum absolute atomic E-state index is 13.7. The van der Waals surface area contributed by atoms with Crippen LogP contribution < -0.4 is 10.2 Å². The van der Waals surface area contributed by atoms with E-state index in [1.165, 1.54) is 31.1 Å². The van der Waals surface area contributed by atoms with Crippen molar-refractivity contribution in [2.75, 3.05) is 25.1 Å². The molecule has 2 amide bonds. The van der Waals surface area contributed by atoms with Gasteiger partial charge in [-0.3, -0.25) is 9.59 Å². The zero-order chi connectivity index (χ0) is 20.8. The van der Waals surface area contributed by atoms with Crippen LogP contribution in [-0.2, 0) is 9.53 Å². The minimum atomic E-state index is -1.75. The number of rotatable bonds is 6. The summed E-state index contributed by atoms with van der Waals surface area (Å²) in [6.45, 7) is 1.08. The molecule has 0 atom stereocenters. The molecule has 9 heteroatoms. The molecule has 1 N–H and O–H groups in total. The Labute approximate surface area is 158 Å². The van der Waals surface area contributed by atoms with Gasteiger partial charge in [-0.25, -0.2) is 18.0 Å². The Balaban J connectivity index is 2.14. The summed E-state index contributed by atoms with van der Waals surface area (Å²) >= 11 is 0. The highest BCUT2D eigenvalue weighted by atomic mass is 19.2. The first kappa shape index (κ1) is 20.9. The van der Waals surface area contributed by atoms with Crippen LogP contribution in [0.5, 0.6) is 0 Å². The minimum Gasteiger partial charge on any atom is -0.465 e. The van der Waals surface area contributed by atoms with Gasteiger partial charge in [0.05, 0.1) is 23.9 Å². The van der Waals surface area contributed by atoms with Gasteiger partial charge in [-0.05, 0) is 24.3 Å².